The molecule has 53 valence electrons. The van der Waals surface area contributed by atoms with Gasteiger partial charge in [0.25, 0.3) is 0 Å². The van der Waals surface area contributed by atoms with E-state index in [1.807, 2.05) is 0 Å². The van der Waals surface area contributed by atoms with Crippen molar-refractivity contribution in [2.24, 2.45) is 0 Å². The molecule has 0 aromatic heterocycles. The Bertz CT molecular complexity index is 10.1. The van der Waals surface area contributed by atoms with Gasteiger partial charge in [-0.1, -0.05) is 0 Å². The van der Waals surface area contributed by atoms with Gasteiger partial charge in [-0.05, 0) is 0 Å². The van der Waals surface area contributed by atoms with Crippen LogP contribution in [0, 0.1) is 0 Å². The molecule has 0 saturated heterocycles. The summed E-state index contributed by atoms with van der Waals surface area (Å²) in [4.78, 5) is 0. The summed E-state index contributed by atoms with van der Waals surface area (Å²) < 4.78 is 0. The zero-order valence-electron chi connectivity index (χ0n) is 3.08. The van der Waals surface area contributed by atoms with E-state index in [-0.39, 0.29) is 49.1 Å². The third-order valence-corrected chi connectivity index (χ3v) is 0. The fourth-order valence-electron chi connectivity index (χ4n) is 0. The molecule has 0 bridgehead atoms. The maximum atomic E-state index is 0. The first-order valence-electron chi connectivity index (χ1n) is 0. The van der Waals surface area contributed by atoms with Crippen molar-refractivity contribution in [3.05, 3.63) is 0 Å². The van der Waals surface area contributed by atoms with E-state index < -0.39 is 0 Å². The first-order valence-corrected chi connectivity index (χ1v) is 0. The average Bonchev–Trinajstić information content (AvgIpc) is 0. The van der Waals surface area contributed by atoms with E-state index in [4.69, 9.17) is 0 Å². The summed E-state index contributed by atoms with van der Waals surface area (Å²) in [5.41, 5.74) is 0. The van der Waals surface area contributed by atoms with Gasteiger partial charge in [-0.25, -0.2) is 0 Å². The molecule has 0 unspecified atom stereocenters. The molecular weight excluding hydrogens is 156 g/mol. The summed E-state index contributed by atoms with van der Waals surface area (Å²) in [6.07, 6.45) is 0. The zero-order chi connectivity index (χ0) is 0. The van der Waals surface area contributed by atoms with Gasteiger partial charge >= 0.3 is 0 Å². The van der Waals surface area contributed by atoms with Crippen LogP contribution in [0.1, 0.15) is 0 Å². The van der Waals surface area contributed by atoms with Crippen LogP contribution in [0.3, 0.4) is 0 Å². The minimum absolute atomic E-state index is 0. The normalized spacial score (nSPS) is 0. The third kappa shape index (κ3) is 1750. The van der Waals surface area contributed by atoms with Crippen molar-refractivity contribution >= 4 is 0 Å². The van der Waals surface area contributed by atoms with Crippen molar-refractivity contribution in [3.63, 3.8) is 0 Å². The fraction of sp³-hybridized carbons (Fsp3) is 0. The summed E-state index contributed by atoms with van der Waals surface area (Å²) in [6.45, 7) is 0. The number of hydrogen-bond donors (Lipinski definition) is 0. The smallest absolute Gasteiger partial charge is 0 e. The van der Waals surface area contributed by atoms with Gasteiger partial charge in [0, 0.05) is 18.6 Å². The SMILES string of the molecule is O.O.O.[F-].[F-].[F-].[V]. The van der Waals surface area contributed by atoms with Crippen molar-refractivity contribution in [2.75, 3.05) is 0 Å². The molecule has 0 spiro atoms. The Hall–Kier alpha value is 0.254. The topological polar surface area (TPSA) is 94.5 Å². The van der Waals surface area contributed by atoms with Gasteiger partial charge < -0.3 is 30.5 Å². The second-order valence-electron chi connectivity index (χ2n) is 0. The molecule has 0 aromatic rings. The summed E-state index contributed by atoms with van der Waals surface area (Å²) in [6, 6.07) is 0. The van der Waals surface area contributed by atoms with Gasteiger partial charge in [-0.15, -0.1) is 0 Å². The van der Waals surface area contributed by atoms with Crippen LogP contribution >= 0.6 is 0 Å². The van der Waals surface area contributed by atoms with Gasteiger partial charge in [0.2, 0.25) is 0 Å². The third-order valence-electron chi connectivity index (χ3n) is 0. The van der Waals surface area contributed by atoms with Crippen LogP contribution in [-0.4, -0.2) is 16.4 Å². The van der Waals surface area contributed by atoms with E-state index in [1.165, 1.54) is 0 Å². The number of rotatable bonds is 0. The molecule has 0 aliphatic carbocycles. The molecule has 0 heterocycles. The Balaban J connectivity index is 0. The van der Waals surface area contributed by atoms with E-state index in [0.29, 0.717) is 0 Å². The van der Waals surface area contributed by atoms with Crippen molar-refractivity contribution in [1.29, 1.82) is 0 Å². The van der Waals surface area contributed by atoms with Crippen LogP contribution in [0.25, 0.3) is 0 Å². The molecule has 7 heteroatoms. The minimum Gasteiger partial charge on any atom is -1.00 e. The second kappa shape index (κ2) is 2670. The molecule has 7 heavy (non-hydrogen) atoms. The molecular formula is H6F3O3V-3. The molecule has 0 aromatic carbocycles. The van der Waals surface area contributed by atoms with Crippen molar-refractivity contribution in [3.8, 4) is 0 Å². The molecule has 0 saturated carbocycles. The van der Waals surface area contributed by atoms with Gasteiger partial charge in [0.1, 0.15) is 0 Å². The van der Waals surface area contributed by atoms with Crippen molar-refractivity contribution in [2.45, 2.75) is 0 Å². The number of hydrogen-bond acceptors (Lipinski definition) is 0. The van der Waals surface area contributed by atoms with Crippen LogP contribution in [0.4, 0.5) is 0 Å². The summed E-state index contributed by atoms with van der Waals surface area (Å²) in [7, 11) is 0. The first kappa shape index (κ1) is 4380. The fourth-order valence-corrected chi connectivity index (χ4v) is 0. The quantitative estimate of drug-likeness (QED) is 0.338. The van der Waals surface area contributed by atoms with Crippen LogP contribution in [0.2, 0.25) is 0 Å². The van der Waals surface area contributed by atoms with Crippen molar-refractivity contribution in [1.82, 2.24) is 0 Å². The molecule has 3 nitrogen and oxygen atoms in total. The van der Waals surface area contributed by atoms with Gasteiger partial charge in [-0.2, -0.15) is 0 Å². The van der Waals surface area contributed by atoms with E-state index in [1.54, 1.807) is 0 Å². The predicted molar refractivity (Wildman–Crippen MR) is 10.8 cm³/mol. The Labute approximate surface area is 50.0 Å². The molecule has 0 aliphatic rings. The molecule has 1 radical (unpaired) electrons. The Morgan fingerprint density at radius 1 is 0.429 bits per heavy atom. The molecule has 0 rings (SSSR count). The summed E-state index contributed by atoms with van der Waals surface area (Å²) in [5, 5.41) is 0. The molecule has 0 aliphatic heterocycles. The first-order chi connectivity index (χ1) is 0. The van der Waals surface area contributed by atoms with Gasteiger partial charge in [-0.3, -0.25) is 0 Å². The van der Waals surface area contributed by atoms with E-state index >= 15 is 0 Å². The van der Waals surface area contributed by atoms with E-state index in [2.05, 4.69) is 0 Å². The number of halogens is 3. The monoisotopic (exact) mass is 162 g/mol. The maximum Gasteiger partial charge on any atom is 0 e. The van der Waals surface area contributed by atoms with Crippen LogP contribution in [0.5, 0.6) is 0 Å². The van der Waals surface area contributed by atoms with E-state index in [9.17, 15) is 0 Å². The summed E-state index contributed by atoms with van der Waals surface area (Å²) >= 11 is 0. The van der Waals surface area contributed by atoms with Crippen LogP contribution in [-0.2, 0) is 18.6 Å². The van der Waals surface area contributed by atoms with E-state index in [0.717, 1.165) is 0 Å². The van der Waals surface area contributed by atoms with Gasteiger partial charge in [0.05, 0.1) is 0 Å². The van der Waals surface area contributed by atoms with Crippen LogP contribution in [0.15, 0.2) is 0 Å². The van der Waals surface area contributed by atoms with Gasteiger partial charge in [0.15, 0.2) is 0 Å². The predicted octanol–water partition coefficient (Wildman–Crippen LogP) is -11.5. The largest absolute Gasteiger partial charge is 1.00 e. The Kier molecular flexibility index (Phi) is 1670000. The van der Waals surface area contributed by atoms with Crippen molar-refractivity contribution < 1.29 is 49.1 Å². The second-order valence-corrected chi connectivity index (χ2v) is 0. The minimum atomic E-state index is 0. The molecule has 0 atom stereocenters. The Morgan fingerprint density at radius 2 is 0.429 bits per heavy atom. The van der Waals surface area contributed by atoms with Crippen LogP contribution < -0.4 is 14.1 Å². The zero-order valence-corrected chi connectivity index (χ0v) is 4.48. The standard InChI is InChI=1S/3FH.3H2O.V/h3*1H;3*1H2;/p-3. The average molecular weight is 162 g/mol. The summed E-state index contributed by atoms with van der Waals surface area (Å²) in [5.74, 6) is 0. The Morgan fingerprint density at radius 3 is 0.429 bits per heavy atom. The molecule has 0 fully saturated rings. The molecule has 0 amide bonds. The maximum absolute atomic E-state index is 0. The molecule has 6 N–H and O–H groups in total.